The van der Waals surface area contributed by atoms with Gasteiger partial charge in [-0.15, -0.1) is 0 Å². The summed E-state index contributed by atoms with van der Waals surface area (Å²) >= 11 is 6.11. The molecule has 8 heteroatoms. The molecule has 0 saturated heterocycles. The van der Waals surface area contributed by atoms with Gasteiger partial charge in [-0.25, -0.2) is 13.4 Å². The molecule has 0 aliphatic heterocycles. The predicted octanol–water partition coefficient (Wildman–Crippen LogP) is 4.97. The van der Waals surface area contributed by atoms with Gasteiger partial charge in [-0.3, -0.25) is 9.71 Å². The molecule has 4 aromatic rings. The first-order valence-corrected chi connectivity index (χ1v) is 11.0. The molecule has 0 spiro atoms. The highest BCUT2D eigenvalue weighted by Gasteiger charge is 2.21. The Kier molecular flexibility index (Phi) is 5.57. The van der Waals surface area contributed by atoms with Crippen LogP contribution in [-0.2, 0) is 16.6 Å². The number of para-hydroxylation sites is 1. The van der Waals surface area contributed by atoms with Gasteiger partial charge in [-0.2, -0.15) is 0 Å². The van der Waals surface area contributed by atoms with E-state index in [1.165, 1.54) is 6.07 Å². The minimum atomic E-state index is -3.93. The first-order valence-electron chi connectivity index (χ1n) is 9.13. The van der Waals surface area contributed by atoms with Crippen LogP contribution >= 0.6 is 11.6 Å². The Morgan fingerprint density at radius 2 is 1.90 bits per heavy atom. The van der Waals surface area contributed by atoms with Crippen molar-refractivity contribution in [3.05, 3.63) is 89.2 Å². The van der Waals surface area contributed by atoms with Crippen molar-refractivity contribution in [1.29, 1.82) is 0 Å². The van der Waals surface area contributed by atoms with Crippen LogP contribution in [0, 0.1) is 6.92 Å². The molecule has 1 N–H and O–H groups in total. The fourth-order valence-electron chi connectivity index (χ4n) is 2.99. The van der Waals surface area contributed by atoms with Gasteiger partial charge in [0.05, 0.1) is 10.4 Å². The molecule has 0 unspecified atom stereocenters. The topological polar surface area (TPSA) is 81.2 Å². The number of halogens is 1. The first kappa shape index (κ1) is 20.1. The summed E-state index contributed by atoms with van der Waals surface area (Å²) in [6.07, 6.45) is 3.36. The molecule has 6 nitrogen and oxygen atoms in total. The third-order valence-electron chi connectivity index (χ3n) is 4.54. The number of rotatable bonds is 6. The molecule has 152 valence electrons. The number of aromatic nitrogens is 2. The van der Waals surface area contributed by atoms with Crippen LogP contribution in [0.1, 0.15) is 11.1 Å². The lowest BCUT2D eigenvalue weighted by atomic mass is 10.2. The smallest absolute Gasteiger partial charge is 0.263 e. The second-order valence-electron chi connectivity index (χ2n) is 6.65. The van der Waals surface area contributed by atoms with Crippen molar-refractivity contribution in [3.63, 3.8) is 0 Å². The summed E-state index contributed by atoms with van der Waals surface area (Å²) in [4.78, 5) is 8.64. The highest BCUT2D eigenvalue weighted by atomic mass is 35.5. The number of nitrogens with one attached hydrogen (secondary N) is 1. The maximum atomic E-state index is 13.1. The lowest BCUT2D eigenvalue weighted by Crippen LogP contribution is -2.16. The van der Waals surface area contributed by atoms with Gasteiger partial charge < -0.3 is 4.74 Å². The van der Waals surface area contributed by atoms with Crippen LogP contribution in [0.2, 0.25) is 5.02 Å². The summed E-state index contributed by atoms with van der Waals surface area (Å²) in [5, 5.41) is 1.21. The fraction of sp³-hybridized carbons (Fsp3) is 0.0909. The van der Waals surface area contributed by atoms with Gasteiger partial charge in [-0.1, -0.05) is 41.9 Å². The van der Waals surface area contributed by atoms with Crippen molar-refractivity contribution in [2.75, 3.05) is 4.72 Å². The van der Waals surface area contributed by atoms with Gasteiger partial charge in [0, 0.05) is 28.4 Å². The van der Waals surface area contributed by atoms with Crippen molar-refractivity contribution in [2.45, 2.75) is 18.4 Å². The third kappa shape index (κ3) is 4.22. The van der Waals surface area contributed by atoms with E-state index < -0.39 is 10.0 Å². The van der Waals surface area contributed by atoms with Crippen LogP contribution in [0.3, 0.4) is 0 Å². The average Bonchev–Trinajstić information content (AvgIpc) is 2.74. The van der Waals surface area contributed by atoms with Crippen LogP contribution in [-0.4, -0.2) is 18.4 Å². The second kappa shape index (κ2) is 8.30. The molecule has 30 heavy (non-hydrogen) atoms. The second-order valence-corrected chi connectivity index (χ2v) is 8.70. The van der Waals surface area contributed by atoms with E-state index in [0.717, 1.165) is 10.9 Å². The number of hydrogen-bond acceptors (Lipinski definition) is 5. The van der Waals surface area contributed by atoms with E-state index in [2.05, 4.69) is 14.7 Å². The Morgan fingerprint density at radius 1 is 1.07 bits per heavy atom. The predicted molar refractivity (Wildman–Crippen MR) is 117 cm³/mol. The molecule has 0 saturated carbocycles. The molecule has 2 aromatic carbocycles. The van der Waals surface area contributed by atoms with E-state index in [0.29, 0.717) is 21.9 Å². The number of benzene rings is 2. The van der Waals surface area contributed by atoms with Crippen LogP contribution < -0.4 is 9.46 Å². The first-order chi connectivity index (χ1) is 14.4. The molecule has 0 bridgehead atoms. The zero-order valence-corrected chi connectivity index (χ0v) is 17.6. The zero-order valence-electron chi connectivity index (χ0n) is 16.0. The van der Waals surface area contributed by atoms with Crippen molar-refractivity contribution >= 4 is 38.3 Å². The molecular weight excluding hydrogens is 422 g/mol. The van der Waals surface area contributed by atoms with Gasteiger partial charge >= 0.3 is 0 Å². The van der Waals surface area contributed by atoms with Crippen LogP contribution in [0.25, 0.3) is 10.9 Å². The molecule has 0 atom stereocenters. The minimum absolute atomic E-state index is 0.0863. The molecule has 2 aromatic heterocycles. The Hall–Kier alpha value is -3.16. The fourth-order valence-corrected chi connectivity index (χ4v) is 4.50. The molecule has 0 radical (unpaired) electrons. The lowest BCUT2D eigenvalue weighted by molar-refractivity contribution is 0.307. The molecule has 0 fully saturated rings. The summed E-state index contributed by atoms with van der Waals surface area (Å²) in [6.45, 7) is 1.88. The van der Waals surface area contributed by atoms with Crippen LogP contribution in [0.15, 0.2) is 78.0 Å². The summed E-state index contributed by atoms with van der Waals surface area (Å²) < 4.78 is 34.6. The van der Waals surface area contributed by atoms with Crippen molar-refractivity contribution in [3.8, 4) is 5.75 Å². The SMILES string of the molecule is Cc1c(Cl)cccc1S(=O)(=O)Nc1nc2ccccc2cc1OCc1cccnc1. The number of sulfonamides is 1. The van der Waals surface area contributed by atoms with Crippen molar-refractivity contribution in [2.24, 2.45) is 0 Å². The van der Waals surface area contributed by atoms with Gasteiger partial charge in [0.2, 0.25) is 0 Å². The largest absolute Gasteiger partial charge is 0.485 e. The van der Waals surface area contributed by atoms with Gasteiger partial charge in [0.25, 0.3) is 10.0 Å². The van der Waals surface area contributed by atoms with E-state index in [-0.39, 0.29) is 17.3 Å². The van der Waals surface area contributed by atoms with E-state index in [9.17, 15) is 8.42 Å². The zero-order chi connectivity index (χ0) is 21.1. The summed E-state index contributed by atoms with van der Waals surface area (Å²) in [7, 11) is -3.93. The quantitative estimate of drug-likeness (QED) is 0.458. The minimum Gasteiger partial charge on any atom is -0.485 e. The maximum Gasteiger partial charge on any atom is 0.263 e. The van der Waals surface area contributed by atoms with Crippen molar-refractivity contribution < 1.29 is 13.2 Å². The summed E-state index contributed by atoms with van der Waals surface area (Å²) in [5.74, 6) is 0.428. The van der Waals surface area contributed by atoms with E-state index in [1.54, 1.807) is 37.5 Å². The maximum absolute atomic E-state index is 13.1. The number of pyridine rings is 2. The van der Waals surface area contributed by atoms with Gasteiger partial charge in [-0.05, 0) is 42.8 Å². The molecule has 2 heterocycles. The highest BCUT2D eigenvalue weighted by Crippen LogP contribution is 2.31. The van der Waals surface area contributed by atoms with Crippen molar-refractivity contribution in [1.82, 2.24) is 9.97 Å². The monoisotopic (exact) mass is 439 g/mol. The third-order valence-corrected chi connectivity index (χ3v) is 6.44. The van der Waals surface area contributed by atoms with Crippen LogP contribution in [0.4, 0.5) is 5.82 Å². The van der Waals surface area contributed by atoms with Crippen LogP contribution in [0.5, 0.6) is 5.75 Å². The van der Waals surface area contributed by atoms with Gasteiger partial charge in [0.1, 0.15) is 6.61 Å². The number of hydrogen-bond donors (Lipinski definition) is 1. The highest BCUT2D eigenvalue weighted by molar-refractivity contribution is 7.92. The van der Waals surface area contributed by atoms with Gasteiger partial charge in [0.15, 0.2) is 11.6 Å². The summed E-state index contributed by atoms with van der Waals surface area (Å²) in [6, 6.07) is 17.6. The Morgan fingerprint density at radius 3 is 2.70 bits per heavy atom. The molecule has 4 rings (SSSR count). The lowest BCUT2D eigenvalue weighted by Gasteiger charge is -2.15. The molecule has 0 aliphatic rings. The Labute approximate surface area is 179 Å². The number of ether oxygens (including phenoxy) is 1. The van der Waals surface area contributed by atoms with E-state index in [1.807, 2.05) is 36.4 Å². The standard InChI is InChI=1S/C22H18ClN3O3S/c1-15-18(23)8-4-10-21(15)30(27,28)26-22-20(29-14-16-6-5-11-24-13-16)12-17-7-2-3-9-19(17)25-22/h2-13H,14H2,1H3,(H,25,26). The Bertz CT molecular complexity index is 1310. The number of anilines is 1. The normalized spacial score (nSPS) is 11.4. The molecular formula is C22H18ClN3O3S. The summed E-state index contributed by atoms with van der Waals surface area (Å²) in [5.41, 5.74) is 1.96. The Balaban J connectivity index is 1.73. The molecule has 0 aliphatic carbocycles. The van der Waals surface area contributed by atoms with E-state index >= 15 is 0 Å². The average molecular weight is 440 g/mol. The molecule has 0 amide bonds. The number of nitrogens with zero attached hydrogens (tertiary/aromatic N) is 2. The van der Waals surface area contributed by atoms with E-state index in [4.69, 9.17) is 16.3 Å². The number of fused-ring (bicyclic) bond motifs is 1.